The van der Waals surface area contributed by atoms with E-state index in [4.69, 9.17) is 0 Å². The molecule has 0 aliphatic heterocycles. The normalized spacial score (nSPS) is 18.9. The van der Waals surface area contributed by atoms with Crippen LogP contribution >= 0.6 is 39.0 Å². The molecule has 0 atom stereocenters. The van der Waals surface area contributed by atoms with E-state index >= 15 is 0 Å². The molecule has 0 saturated heterocycles. The van der Waals surface area contributed by atoms with Crippen LogP contribution in [-0.4, -0.2) is 26.0 Å². The van der Waals surface area contributed by atoms with Crippen molar-refractivity contribution >= 4 is 49.1 Å². The van der Waals surface area contributed by atoms with Crippen molar-refractivity contribution in [1.82, 2.24) is 4.72 Å². The van der Waals surface area contributed by atoms with Gasteiger partial charge in [-0.15, -0.1) is 11.3 Å². The fourth-order valence-corrected chi connectivity index (χ4v) is 6.74. The summed E-state index contributed by atoms with van der Waals surface area (Å²) in [7, 11) is -3.37. The quantitative estimate of drug-likeness (QED) is 0.841. The number of thiophene rings is 1. The molecule has 1 aliphatic carbocycles. The summed E-state index contributed by atoms with van der Waals surface area (Å²) in [6.07, 6.45) is 6.68. The summed E-state index contributed by atoms with van der Waals surface area (Å²) in [6.45, 7) is 2.44. The molecule has 1 aromatic rings. The van der Waals surface area contributed by atoms with Crippen LogP contribution in [0.2, 0.25) is 0 Å². The van der Waals surface area contributed by atoms with Gasteiger partial charge in [-0.25, -0.2) is 13.1 Å². The van der Waals surface area contributed by atoms with Crippen LogP contribution in [0.3, 0.4) is 0 Å². The van der Waals surface area contributed by atoms with Gasteiger partial charge < -0.3 is 0 Å². The van der Waals surface area contributed by atoms with Gasteiger partial charge >= 0.3 is 0 Å². The predicted octanol–water partition coefficient (Wildman–Crippen LogP) is 3.77. The Morgan fingerprint density at radius 3 is 2.58 bits per heavy atom. The maximum atomic E-state index is 12.3. The molecule has 108 valence electrons. The molecule has 7 heteroatoms. The highest BCUT2D eigenvalue weighted by Gasteiger charge is 2.34. The third-order valence-electron chi connectivity index (χ3n) is 3.63. The molecule has 0 unspecified atom stereocenters. The monoisotopic (exact) mass is 383 g/mol. The van der Waals surface area contributed by atoms with Crippen LogP contribution in [0.4, 0.5) is 0 Å². The number of halogens is 1. The predicted molar refractivity (Wildman–Crippen MR) is 86.7 cm³/mol. The zero-order chi connectivity index (χ0) is 14.1. The first-order chi connectivity index (χ1) is 8.88. The summed E-state index contributed by atoms with van der Waals surface area (Å²) in [4.78, 5) is 0. The van der Waals surface area contributed by atoms with E-state index in [0.717, 1.165) is 22.2 Å². The summed E-state index contributed by atoms with van der Waals surface area (Å²) in [5, 5.41) is 0. The first-order valence-electron chi connectivity index (χ1n) is 6.19. The summed E-state index contributed by atoms with van der Waals surface area (Å²) in [5.74, 6) is 0. The molecule has 1 aliphatic rings. The molecular weight excluding hydrogens is 366 g/mol. The molecule has 0 bridgehead atoms. The standard InChI is InChI=1S/C12H18BrNO2S3/c1-9-7-10(18-11(9)13)19(15,16)14-8-12(17-2)5-3-4-6-12/h7,14H,3-6,8H2,1-2H3. The number of nitrogens with one attached hydrogen (secondary N) is 1. The first-order valence-corrected chi connectivity index (χ1v) is 10.5. The average molecular weight is 384 g/mol. The second-order valence-electron chi connectivity index (χ2n) is 4.94. The van der Waals surface area contributed by atoms with Crippen LogP contribution < -0.4 is 4.72 Å². The van der Waals surface area contributed by atoms with Crippen LogP contribution in [0.1, 0.15) is 31.2 Å². The molecule has 0 spiro atoms. The second-order valence-corrected chi connectivity index (χ2v) is 10.6. The van der Waals surface area contributed by atoms with E-state index < -0.39 is 10.0 Å². The smallest absolute Gasteiger partial charge is 0.209 e. The van der Waals surface area contributed by atoms with Gasteiger partial charge in [-0.2, -0.15) is 11.8 Å². The summed E-state index contributed by atoms with van der Waals surface area (Å²) in [6, 6.07) is 1.72. The van der Waals surface area contributed by atoms with Crippen LogP contribution in [0, 0.1) is 6.92 Å². The highest BCUT2D eigenvalue weighted by Crippen LogP contribution is 2.40. The van der Waals surface area contributed by atoms with Gasteiger partial charge in [0.05, 0.1) is 3.79 Å². The van der Waals surface area contributed by atoms with Crippen LogP contribution in [0.5, 0.6) is 0 Å². The Kier molecular flexibility index (Phi) is 5.04. The van der Waals surface area contributed by atoms with Crippen molar-refractivity contribution < 1.29 is 8.42 Å². The van der Waals surface area contributed by atoms with Gasteiger partial charge in [-0.1, -0.05) is 12.8 Å². The summed E-state index contributed by atoms with van der Waals surface area (Å²) < 4.78 is 28.7. The van der Waals surface area contributed by atoms with Gasteiger partial charge in [0.25, 0.3) is 0 Å². The van der Waals surface area contributed by atoms with Crippen molar-refractivity contribution in [2.45, 2.75) is 41.6 Å². The maximum absolute atomic E-state index is 12.3. The molecule has 0 aromatic carbocycles. The van der Waals surface area contributed by atoms with E-state index in [0.29, 0.717) is 10.8 Å². The van der Waals surface area contributed by atoms with Crippen molar-refractivity contribution in [2.24, 2.45) is 0 Å². The average Bonchev–Trinajstić information content (AvgIpc) is 2.96. The Morgan fingerprint density at radius 2 is 2.11 bits per heavy atom. The number of hydrogen-bond acceptors (Lipinski definition) is 4. The minimum atomic E-state index is -3.37. The lowest BCUT2D eigenvalue weighted by Crippen LogP contribution is -2.38. The third kappa shape index (κ3) is 3.56. The third-order valence-corrected chi connectivity index (χ3v) is 9.06. The first kappa shape index (κ1) is 15.8. The Bertz CT molecular complexity index is 528. The lowest BCUT2D eigenvalue weighted by Gasteiger charge is -2.26. The molecule has 19 heavy (non-hydrogen) atoms. The Morgan fingerprint density at radius 1 is 1.47 bits per heavy atom. The fourth-order valence-electron chi connectivity index (χ4n) is 2.33. The van der Waals surface area contributed by atoms with E-state index in [1.807, 2.05) is 6.92 Å². The number of hydrogen-bond donors (Lipinski definition) is 1. The van der Waals surface area contributed by atoms with Gasteiger partial charge in [0.2, 0.25) is 10.0 Å². The van der Waals surface area contributed by atoms with Crippen molar-refractivity contribution in [3.63, 3.8) is 0 Å². The van der Waals surface area contributed by atoms with E-state index in [1.165, 1.54) is 24.2 Å². The zero-order valence-corrected chi connectivity index (χ0v) is 15.1. The zero-order valence-electron chi connectivity index (χ0n) is 11.0. The van der Waals surface area contributed by atoms with Gasteiger partial charge in [-0.05, 0) is 53.6 Å². The largest absolute Gasteiger partial charge is 0.250 e. The van der Waals surface area contributed by atoms with Gasteiger partial charge in [-0.3, -0.25) is 0 Å². The minimum Gasteiger partial charge on any atom is -0.209 e. The Labute approximate surface area is 131 Å². The van der Waals surface area contributed by atoms with Crippen LogP contribution in [0.15, 0.2) is 14.1 Å². The van der Waals surface area contributed by atoms with E-state index in [-0.39, 0.29) is 4.75 Å². The summed E-state index contributed by atoms with van der Waals surface area (Å²) >= 11 is 6.43. The molecule has 0 amide bonds. The van der Waals surface area contributed by atoms with Crippen LogP contribution in [-0.2, 0) is 10.0 Å². The second kappa shape index (κ2) is 6.05. The molecular formula is C12H18BrNO2S3. The van der Waals surface area contributed by atoms with Crippen LogP contribution in [0.25, 0.3) is 0 Å². The van der Waals surface area contributed by atoms with Crippen molar-refractivity contribution in [2.75, 3.05) is 12.8 Å². The molecule has 1 aromatic heterocycles. The molecule has 0 radical (unpaired) electrons. The lowest BCUT2D eigenvalue weighted by molar-refractivity contribution is 0.552. The topological polar surface area (TPSA) is 46.2 Å². The molecule has 3 nitrogen and oxygen atoms in total. The fraction of sp³-hybridized carbons (Fsp3) is 0.667. The highest BCUT2D eigenvalue weighted by atomic mass is 79.9. The number of thioether (sulfide) groups is 1. The minimum absolute atomic E-state index is 0.0939. The molecule has 1 N–H and O–H groups in total. The number of rotatable bonds is 5. The van der Waals surface area contributed by atoms with Crippen molar-refractivity contribution in [3.8, 4) is 0 Å². The van der Waals surface area contributed by atoms with Gasteiger partial charge in [0.15, 0.2) is 0 Å². The molecule has 1 fully saturated rings. The molecule has 1 heterocycles. The Balaban J connectivity index is 2.09. The van der Waals surface area contributed by atoms with E-state index in [1.54, 1.807) is 17.8 Å². The van der Waals surface area contributed by atoms with E-state index in [2.05, 4.69) is 26.9 Å². The lowest BCUT2D eigenvalue weighted by atomic mass is 10.1. The summed E-state index contributed by atoms with van der Waals surface area (Å²) in [5.41, 5.74) is 0.964. The van der Waals surface area contributed by atoms with E-state index in [9.17, 15) is 8.42 Å². The highest BCUT2D eigenvalue weighted by molar-refractivity contribution is 9.11. The number of aryl methyl sites for hydroxylation is 1. The Hall–Kier alpha value is 0.440. The SMILES string of the molecule is CSC1(CNS(=O)(=O)c2cc(C)c(Br)s2)CCCC1. The molecule has 1 saturated carbocycles. The van der Waals surface area contributed by atoms with Crippen molar-refractivity contribution in [1.29, 1.82) is 0 Å². The van der Waals surface area contributed by atoms with Crippen molar-refractivity contribution in [3.05, 3.63) is 15.4 Å². The van der Waals surface area contributed by atoms with Gasteiger partial charge in [0, 0.05) is 11.3 Å². The van der Waals surface area contributed by atoms with Gasteiger partial charge in [0.1, 0.15) is 4.21 Å². The molecule has 2 rings (SSSR count). The number of sulfonamides is 1. The maximum Gasteiger partial charge on any atom is 0.250 e.